The van der Waals surface area contributed by atoms with Gasteiger partial charge >= 0.3 is 0 Å². The van der Waals surface area contributed by atoms with Gasteiger partial charge in [-0.05, 0) is 17.5 Å². The molecule has 3 N–H and O–H groups in total. The van der Waals surface area contributed by atoms with Gasteiger partial charge in [0.25, 0.3) is 0 Å². The molecule has 22 heavy (non-hydrogen) atoms. The van der Waals surface area contributed by atoms with Crippen LogP contribution in [0.5, 0.6) is 0 Å². The highest BCUT2D eigenvalue weighted by atomic mass is 16.5. The van der Waals surface area contributed by atoms with Crippen molar-refractivity contribution in [1.29, 1.82) is 0 Å². The fourth-order valence-corrected chi connectivity index (χ4v) is 2.36. The van der Waals surface area contributed by atoms with Gasteiger partial charge in [-0.25, -0.2) is 4.99 Å². The molecule has 1 aromatic rings. The van der Waals surface area contributed by atoms with Gasteiger partial charge in [-0.2, -0.15) is 0 Å². The number of nitrogens with one attached hydrogen (secondary N) is 1. The molecule has 2 rings (SSSR count). The van der Waals surface area contributed by atoms with E-state index in [1.54, 1.807) is 7.11 Å². The van der Waals surface area contributed by atoms with Crippen LogP contribution in [0.2, 0.25) is 0 Å². The largest absolute Gasteiger partial charge is 0.383 e. The average Bonchev–Trinajstić information content (AvgIpc) is 2.92. The number of hydrogen-bond donors (Lipinski definition) is 2. The van der Waals surface area contributed by atoms with Gasteiger partial charge in [0.15, 0.2) is 5.96 Å². The summed E-state index contributed by atoms with van der Waals surface area (Å²) in [7, 11) is 1.65. The number of benzene rings is 1. The molecular weight excluding hydrogens is 280 g/mol. The number of carbonyl (C=O) groups excluding carboxylic acids is 1. The maximum atomic E-state index is 11.6. The number of ether oxygens (including phenoxy) is 1. The average molecular weight is 304 g/mol. The SMILES string of the molecule is COCCNC(N)=NCc1ccc(CN2CCCC2=O)cc1. The summed E-state index contributed by atoms with van der Waals surface area (Å²) in [5.74, 6) is 0.673. The number of hydrogen-bond acceptors (Lipinski definition) is 3. The zero-order chi connectivity index (χ0) is 15.8. The number of carbonyl (C=O) groups is 1. The van der Waals surface area contributed by atoms with Gasteiger partial charge in [-0.15, -0.1) is 0 Å². The van der Waals surface area contributed by atoms with Crippen molar-refractivity contribution in [2.75, 3.05) is 26.8 Å². The Morgan fingerprint density at radius 2 is 2.09 bits per heavy atom. The van der Waals surface area contributed by atoms with Crippen molar-refractivity contribution in [2.45, 2.75) is 25.9 Å². The van der Waals surface area contributed by atoms with Gasteiger partial charge in [0, 0.05) is 33.2 Å². The van der Waals surface area contributed by atoms with Gasteiger partial charge in [0.2, 0.25) is 5.91 Å². The van der Waals surface area contributed by atoms with Crippen LogP contribution in [0.1, 0.15) is 24.0 Å². The lowest BCUT2D eigenvalue weighted by Crippen LogP contribution is -2.34. The molecule has 0 atom stereocenters. The molecule has 0 aliphatic carbocycles. The first-order valence-corrected chi connectivity index (χ1v) is 7.57. The van der Waals surface area contributed by atoms with E-state index in [1.807, 2.05) is 29.2 Å². The van der Waals surface area contributed by atoms with E-state index in [1.165, 1.54) is 0 Å². The molecule has 0 radical (unpaired) electrons. The third-order valence-corrected chi connectivity index (χ3v) is 3.61. The maximum absolute atomic E-state index is 11.6. The monoisotopic (exact) mass is 304 g/mol. The second-order valence-electron chi connectivity index (χ2n) is 5.36. The van der Waals surface area contributed by atoms with Crippen molar-refractivity contribution in [3.8, 4) is 0 Å². The zero-order valence-corrected chi connectivity index (χ0v) is 13.0. The Hall–Kier alpha value is -2.08. The number of aliphatic imine (C=N–C) groups is 1. The van der Waals surface area contributed by atoms with E-state index < -0.39 is 0 Å². The first-order chi connectivity index (χ1) is 10.7. The topological polar surface area (TPSA) is 80.0 Å². The van der Waals surface area contributed by atoms with Gasteiger partial charge in [-0.1, -0.05) is 24.3 Å². The highest BCUT2D eigenvalue weighted by Gasteiger charge is 2.19. The molecule has 1 amide bonds. The predicted octanol–water partition coefficient (Wildman–Crippen LogP) is 0.860. The second-order valence-corrected chi connectivity index (χ2v) is 5.36. The third kappa shape index (κ3) is 5.04. The Kier molecular flexibility index (Phi) is 6.21. The summed E-state index contributed by atoms with van der Waals surface area (Å²) in [5, 5.41) is 2.98. The summed E-state index contributed by atoms with van der Waals surface area (Å²) < 4.78 is 4.93. The predicted molar refractivity (Wildman–Crippen MR) is 86.3 cm³/mol. The van der Waals surface area contributed by atoms with Crippen molar-refractivity contribution in [2.24, 2.45) is 10.7 Å². The summed E-state index contributed by atoms with van der Waals surface area (Å²) in [6.45, 7) is 3.35. The molecule has 6 nitrogen and oxygen atoms in total. The van der Waals surface area contributed by atoms with Gasteiger partial charge in [0.05, 0.1) is 13.2 Å². The second kappa shape index (κ2) is 8.38. The number of methoxy groups -OCH3 is 1. The number of rotatable bonds is 7. The molecule has 120 valence electrons. The molecule has 1 aliphatic heterocycles. The Morgan fingerprint density at radius 1 is 1.36 bits per heavy atom. The maximum Gasteiger partial charge on any atom is 0.222 e. The molecule has 1 fully saturated rings. The van der Waals surface area contributed by atoms with Crippen molar-refractivity contribution in [3.63, 3.8) is 0 Å². The van der Waals surface area contributed by atoms with E-state index in [0.717, 1.165) is 24.1 Å². The minimum absolute atomic E-state index is 0.253. The summed E-state index contributed by atoms with van der Waals surface area (Å²) in [5.41, 5.74) is 7.99. The quantitative estimate of drug-likeness (QED) is 0.445. The van der Waals surface area contributed by atoms with E-state index in [0.29, 0.717) is 38.6 Å². The fraction of sp³-hybridized carbons (Fsp3) is 0.500. The van der Waals surface area contributed by atoms with Gasteiger partial charge in [-0.3, -0.25) is 4.79 Å². The fourth-order valence-electron chi connectivity index (χ4n) is 2.36. The summed E-state index contributed by atoms with van der Waals surface area (Å²) in [6.07, 6.45) is 1.66. The Balaban J connectivity index is 1.81. The molecule has 0 bridgehead atoms. The van der Waals surface area contributed by atoms with E-state index in [2.05, 4.69) is 10.3 Å². The number of nitrogens with zero attached hydrogens (tertiary/aromatic N) is 2. The zero-order valence-electron chi connectivity index (χ0n) is 13.0. The molecule has 0 unspecified atom stereocenters. The summed E-state index contributed by atoms with van der Waals surface area (Å²) in [6, 6.07) is 8.15. The van der Waals surface area contributed by atoms with Crippen molar-refractivity contribution in [1.82, 2.24) is 10.2 Å². The minimum Gasteiger partial charge on any atom is -0.383 e. The van der Waals surface area contributed by atoms with Gasteiger partial charge in [0.1, 0.15) is 0 Å². The van der Waals surface area contributed by atoms with Crippen LogP contribution in [0.3, 0.4) is 0 Å². The normalized spacial score (nSPS) is 15.4. The molecule has 1 heterocycles. The first-order valence-electron chi connectivity index (χ1n) is 7.57. The van der Waals surface area contributed by atoms with Crippen LogP contribution >= 0.6 is 0 Å². The summed E-state index contributed by atoms with van der Waals surface area (Å²) in [4.78, 5) is 17.8. The molecule has 1 aliphatic rings. The Bertz CT molecular complexity index is 513. The molecule has 1 aromatic carbocycles. The molecule has 0 spiro atoms. The number of amides is 1. The van der Waals surface area contributed by atoms with Crippen LogP contribution in [-0.4, -0.2) is 43.6 Å². The lowest BCUT2D eigenvalue weighted by Gasteiger charge is -2.15. The van der Waals surface area contributed by atoms with E-state index in [9.17, 15) is 4.79 Å². The van der Waals surface area contributed by atoms with Crippen molar-refractivity contribution >= 4 is 11.9 Å². The van der Waals surface area contributed by atoms with Gasteiger partial charge < -0.3 is 20.7 Å². The third-order valence-electron chi connectivity index (χ3n) is 3.61. The van der Waals surface area contributed by atoms with Crippen LogP contribution in [0.4, 0.5) is 0 Å². The van der Waals surface area contributed by atoms with Crippen LogP contribution in [-0.2, 0) is 22.6 Å². The smallest absolute Gasteiger partial charge is 0.222 e. The lowest BCUT2D eigenvalue weighted by molar-refractivity contribution is -0.128. The minimum atomic E-state index is 0.253. The van der Waals surface area contributed by atoms with Crippen LogP contribution in [0, 0.1) is 0 Å². The highest BCUT2D eigenvalue weighted by molar-refractivity contribution is 5.78. The van der Waals surface area contributed by atoms with E-state index >= 15 is 0 Å². The van der Waals surface area contributed by atoms with Crippen molar-refractivity contribution < 1.29 is 9.53 Å². The molecule has 0 saturated carbocycles. The summed E-state index contributed by atoms with van der Waals surface area (Å²) >= 11 is 0. The van der Waals surface area contributed by atoms with Crippen LogP contribution < -0.4 is 11.1 Å². The Labute approximate surface area is 131 Å². The Morgan fingerprint density at radius 3 is 2.73 bits per heavy atom. The van der Waals surface area contributed by atoms with Crippen LogP contribution in [0.25, 0.3) is 0 Å². The standard InChI is InChI=1S/C16H24N4O2/c1-22-10-8-18-16(17)19-11-13-4-6-14(7-5-13)12-20-9-2-3-15(20)21/h4-7H,2-3,8-12H2,1H3,(H3,17,18,19). The lowest BCUT2D eigenvalue weighted by atomic mass is 10.1. The van der Waals surface area contributed by atoms with E-state index in [-0.39, 0.29) is 5.91 Å². The van der Waals surface area contributed by atoms with Crippen molar-refractivity contribution in [3.05, 3.63) is 35.4 Å². The number of guanidine groups is 1. The number of likely N-dealkylation sites (tertiary alicyclic amines) is 1. The molecule has 1 saturated heterocycles. The molecule has 6 heteroatoms. The van der Waals surface area contributed by atoms with Crippen LogP contribution in [0.15, 0.2) is 29.3 Å². The highest BCUT2D eigenvalue weighted by Crippen LogP contribution is 2.14. The molecular formula is C16H24N4O2. The van der Waals surface area contributed by atoms with E-state index in [4.69, 9.17) is 10.5 Å². The first kappa shape index (κ1) is 16.3. The number of nitrogens with two attached hydrogens (primary N) is 1. The molecule has 0 aromatic heterocycles.